The van der Waals surface area contributed by atoms with E-state index < -0.39 is 25.7 Å². The van der Waals surface area contributed by atoms with Crippen LogP contribution in [-0.2, 0) is 8.23 Å². The highest BCUT2D eigenvalue weighted by atomic mass is 28.5. The van der Waals surface area contributed by atoms with Gasteiger partial charge < -0.3 is 17.8 Å². The minimum atomic E-state index is -2.70. The van der Waals surface area contributed by atoms with Crippen LogP contribution in [0.15, 0.2) is 0 Å². The summed E-state index contributed by atoms with van der Waals surface area (Å²) in [6.07, 6.45) is 2.84. The molecule has 0 heterocycles. The van der Waals surface area contributed by atoms with Crippen molar-refractivity contribution in [2.45, 2.75) is 97.1 Å². The average Bonchev–Trinajstić information content (AvgIpc) is 2.47. The van der Waals surface area contributed by atoms with Crippen molar-refractivity contribution in [2.75, 3.05) is 0 Å². The Bertz CT molecular complexity index is 285. The van der Waals surface area contributed by atoms with Crippen LogP contribution in [-0.4, -0.2) is 35.3 Å². The fourth-order valence-corrected chi connectivity index (χ4v) is 16.3. The molecule has 0 saturated carbocycles. The molecule has 0 rings (SSSR count). The first-order valence-electron chi connectivity index (χ1n) is 9.13. The standard InChI is InChI=1S/C15H38O4Si3/c1-7-13-20(16,10-4)18-22(12-6,15-9-3)19-21(17,11-5)14-8-2/h16-17H,7-15H2,1-6H3. The van der Waals surface area contributed by atoms with E-state index in [4.69, 9.17) is 8.23 Å². The lowest BCUT2D eigenvalue weighted by Gasteiger charge is -2.41. The lowest BCUT2D eigenvalue weighted by Crippen LogP contribution is -2.59. The Morgan fingerprint density at radius 3 is 1.18 bits per heavy atom. The zero-order valence-electron chi connectivity index (χ0n) is 15.6. The highest BCUT2D eigenvalue weighted by molar-refractivity contribution is 6.86. The summed E-state index contributed by atoms with van der Waals surface area (Å²) >= 11 is 0. The number of hydrogen-bond acceptors (Lipinski definition) is 4. The molecular weight excluding hydrogens is 328 g/mol. The summed E-state index contributed by atoms with van der Waals surface area (Å²) in [6, 6.07) is 4.57. The van der Waals surface area contributed by atoms with Crippen molar-refractivity contribution in [1.82, 2.24) is 0 Å². The van der Waals surface area contributed by atoms with E-state index in [9.17, 15) is 9.59 Å². The fraction of sp³-hybridized carbons (Fsp3) is 1.00. The molecule has 0 radical (unpaired) electrons. The molecule has 134 valence electrons. The molecule has 7 heteroatoms. The third kappa shape index (κ3) is 6.94. The Morgan fingerprint density at radius 2 is 0.955 bits per heavy atom. The molecule has 0 aromatic rings. The second kappa shape index (κ2) is 10.4. The maximum atomic E-state index is 10.9. The number of hydrogen-bond donors (Lipinski definition) is 2. The van der Waals surface area contributed by atoms with Gasteiger partial charge in [-0.2, -0.15) is 0 Å². The molecule has 2 unspecified atom stereocenters. The molecule has 0 aromatic heterocycles. The molecule has 0 aliphatic carbocycles. The molecule has 0 aliphatic heterocycles. The van der Waals surface area contributed by atoms with Gasteiger partial charge in [0.2, 0.25) is 0 Å². The van der Waals surface area contributed by atoms with Crippen LogP contribution in [0.4, 0.5) is 0 Å². The van der Waals surface area contributed by atoms with E-state index in [1.807, 2.05) is 13.8 Å². The van der Waals surface area contributed by atoms with Gasteiger partial charge in [0.25, 0.3) is 0 Å². The normalized spacial score (nSPS) is 20.2. The zero-order chi connectivity index (χ0) is 17.3. The van der Waals surface area contributed by atoms with Gasteiger partial charge in [-0.25, -0.2) is 0 Å². The van der Waals surface area contributed by atoms with Crippen LogP contribution in [0.1, 0.15) is 60.8 Å². The first-order chi connectivity index (χ1) is 10.3. The molecule has 0 fully saturated rings. The van der Waals surface area contributed by atoms with Crippen LogP contribution < -0.4 is 0 Å². The molecule has 2 N–H and O–H groups in total. The van der Waals surface area contributed by atoms with Gasteiger partial charge in [0.05, 0.1) is 0 Å². The zero-order valence-corrected chi connectivity index (χ0v) is 18.6. The molecule has 2 atom stereocenters. The SMILES string of the molecule is CCC[Si](O)(CC)O[Si](CC)(CCC)O[Si](O)(CC)CCC. The van der Waals surface area contributed by atoms with Gasteiger partial charge in [-0.15, -0.1) is 0 Å². The van der Waals surface area contributed by atoms with Crippen molar-refractivity contribution in [3.63, 3.8) is 0 Å². The molecule has 4 nitrogen and oxygen atoms in total. The van der Waals surface area contributed by atoms with E-state index in [-0.39, 0.29) is 0 Å². The third-order valence-electron chi connectivity index (χ3n) is 4.31. The Balaban J connectivity index is 5.37. The fourth-order valence-electron chi connectivity index (χ4n) is 2.90. The van der Waals surface area contributed by atoms with Crippen LogP contribution in [0, 0.1) is 0 Å². The summed E-state index contributed by atoms with van der Waals surface area (Å²) in [6.45, 7) is 12.4. The van der Waals surface area contributed by atoms with Gasteiger partial charge in [0, 0.05) is 0 Å². The van der Waals surface area contributed by atoms with Crippen LogP contribution >= 0.6 is 0 Å². The largest absolute Gasteiger partial charge is 0.415 e. The minimum absolute atomic E-state index is 0.697. The van der Waals surface area contributed by atoms with Crippen LogP contribution in [0.3, 0.4) is 0 Å². The van der Waals surface area contributed by atoms with E-state index in [1.54, 1.807) is 0 Å². The van der Waals surface area contributed by atoms with E-state index in [2.05, 4.69) is 27.7 Å². The predicted octanol–water partition coefficient (Wildman–Crippen LogP) is 4.62. The predicted molar refractivity (Wildman–Crippen MR) is 101 cm³/mol. The Labute approximate surface area is 141 Å². The third-order valence-corrected chi connectivity index (χ3v) is 17.4. The summed E-state index contributed by atoms with van der Waals surface area (Å²) in [5.74, 6) is 0. The molecule has 22 heavy (non-hydrogen) atoms. The molecule has 0 aliphatic rings. The molecule has 0 amide bonds. The summed E-state index contributed by atoms with van der Waals surface area (Å²) in [7, 11) is -7.94. The van der Waals surface area contributed by atoms with E-state index in [1.165, 1.54) is 0 Å². The van der Waals surface area contributed by atoms with Crippen molar-refractivity contribution < 1.29 is 17.8 Å². The van der Waals surface area contributed by atoms with Crippen LogP contribution in [0.25, 0.3) is 0 Å². The molecule has 0 aromatic carbocycles. The lowest BCUT2D eigenvalue weighted by molar-refractivity contribution is 0.265. The minimum Gasteiger partial charge on any atom is -0.415 e. The van der Waals surface area contributed by atoms with Gasteiger partial charge in [-0.05, 0) is 36.3 Å². The van der Waals surface area contributed by atoms with E-state index in [0.717, 1.165) is 43.4 Å². The summed E-state index contributed by atoms with van der Waals surface area (Å²) in [4.78, 5) is 21.8. The Morgan fingerprint density at radius 1 is 0.591 bits per heavy atom. The van der Waals surface area contributed by atoms with Crippen molar-refractivity contribution in [2.24, 2.45) is 0 Å². The quantitative estimate of drug-likeness (QED) is 0.467. The van der Waals surface area contributed by atoms with Gasteiger partial charge in [-0.3, -0.25) is 0 Å². The van der Waals surface area contributed by atoms with Crippen molar-refractivity contribution in [3.05, 3.63) is 0 Å². The maximum absolute atomic E-state index is 10.9. The van der Waals surface area contributed by atoms with Crippen molar-refractivity contribution in [1.29, 1.82) is 0 Å². The first-order valence-corrected chi connectivity index (χ1v) is 15.9. The summed E-state index contributed by atoms with van der Waals surface area (Å²) in [5.41, 5.74) is 0. The molecule has 0 bridgehead atoms. The van der Waals surface area contributed by atoms with E-state index in [0.29, 0.717) is 12.1 Å². The Hall–Kier alpha value is 0.491. The molecular formula is C15H38O4Si3. The van der Waals surface area contributed by atoms with Gasteiger partial charge in [0.15, 0.2) is 0 Å². The highest BCUT2D eigenvalue weighted by Gasteiger charge is 2.49. The van der Waals surface area contributed by atoms with Crippen molar-refractivity contribution in [3.8, 4) is 0 Å². The molecule has 0 spiro atoms. The van der Waals surface area contributed by atoms with Crippen LogP contribution in [0.5, 0.6) is 0 Å². The van der Waals surface area contributed by atoms with Gasteiger partial charge in [-0.1, -0.05) is 60.8 Å². The van der Waals surface area contributed by atoms with Crippen LogP contribution in [0.2, 0.25) is 36.3 Å². The van der Waals surface area contributed by atoms with Gasteiger partial charge >= 0.3 is 25.7 Å². The monoisotopic (exact) mass is 366 g/mol. The average molecular weight is 367 g/mol. The molecule has 0 saturated heterocycles. The second-order valence-corrected chi connectivity index (χ2v) is 17.2. The van der Waals surface area contributed by atoms with Crippen molar-refractivity contribution >= 4 is 25.7 Å². The lowest BCUT2D eigenvalue weighted by atomic mass is 10.6. The first kappa shape index (κ1) is 22.5. The summed E-state index contributed by atoms with van der Waals surface area (Å²) < 4.78 is 12.9. The number of rotatable bonds is 13. The van der Waals surface area contributed by atoms with E-state index >= 15 is 0 Å². The second-order valence-electron chi connectivity index (χ2n) is 6.32. The summed E-state index contributed by atoms with van der Waals surface area (Å²) in [5, 5.41) is 0. The van der Waals surface area contributed by atoms with Gasteiger partial charge in [0.1, 0.15) is 0 Å². The Kier molecular flexibility index (Phi) is 10.6. The maximum Gasteiger partial charge on any atom is 0.326 e. The highest BCUT2D eigenvalue weighted by Crippen LogP contribution is 2.32. The smallest absolute Gasteiger partial charge is 0.326 e. The topological polar surface area (TPSA) is 58.9 Å².